The van der Waals surface area contributed by atoms with Gasteiger partial charge in [0.25, 0.3) is 6.36 Å². The highest BCUT2D eigenvalue weighted by atomic mass is 19.1. The molecule has 2 unspecified atom stereocenters. The zero-order chi connectivity index (χ0) is 14.4. The number of methoxy groups -OCH3 is 1. The quantitative estimate of drug-likeness (QED) is 0.748. The maximum atomic E-state index is 13.9. The van der Waals surface area contributed by atoms with E-state index in [1.54, 1.807) is 29.7 Å². The Kier molecular flexibility index (Phi) is 2.74. The number of ether oxygens (including phenoxy) is 2. The summed E-state index contributed by atoms with van der Waals surface area (Å²) in [5, 5.41) is 0.309. The topological polar surface area (TPSA) is 57.5 Å². The second kappa shape index (κ2) is 4.33. The van der Waals surface area contributed by atoms with Crippen LogP contribution in [-0.4, -0.2) is 24.0 Å². The van der Waals surface area contributed by atoms with Crippen LogP contribution in [-0.2, 0) is 4.74 Å². The highest BCUT2D eigenvalue weighted by Gasteiger charge is 2.30. The number of aromatic nitrogens is 1. The second-order valence-electron chi connectivity index (χ2n) is 4.63. The van der Waals surface area contributed by atoms with Gasteiger partial charge in [-0.25, -0.2) is 4.79 Å². The highest BCUT2D eigenvalue weighted by molar-refractivity contribution is 5.95. The van der Waals surface area contributed by atoms with Crippen LogP contribution in [0.5, 0.6) is 5.75 Å². The van der Waals surface area contributed by atoms with Crippen molar-refractivity contribution in [3.8, 4) is 5.75 Å². The molecule has 0 amide bonds. The Balaban J connectivity index is 2.43. The summed E-state index contributed by atoms with van der Waals surface area (Å²) < 4.78 is 25.2. The van der Waals surface area contributed by atoms with E-state index in [-0.39, 0.29) is 5.56 Å². The molecule has 0 spiro atoms. The summed E-state index contributed by atoms with van der Waals surface area (Å²) in [4.78, 5) is 24.0. The predicted octanol–water partition coefficient (Wildman–Crippen LogP) is 2.04. The summed E-state index contributed by atoms with van der Waals surface area (Å²) in [6.07, 6.45) is -0.208. The first kappa shape index (κ1) is 12.7. The molecule has 0 N–H and O–H groups in total. The van der Waals surface area contributed by atoms with E-state index in [1.165, 1.54) is 13.3 Å². The molecule has 0 bridgehead atoms. The molecule has 104 valence electrons. The van der Waals surface area contributed by atoms with Gasteiger partial charge in [0.15, 0.2) is 0 Å². The number of pyridine rings is 1. The van der Waals surface area contributed by atoms with Gasteiger partial charge >= 0.3 is 5.97 Å². The molecular formula is C14H12FNO4. The normalized spacial score (nSPS) is 20.6. The minimum atomic E-state index is -1.54. The molecule has 5 nitrogen and oxygen atoms in total. The molecule has 0 saturated heterocycles. The molecule has 0 fully saturated rings. The van der Waals surface area contributed by atoms with Crippen molar-refractivity contribution < 1.29 is 18.7 Å². The van der Waals surface area contributed by atoms with Crippen molar-refractivity contribution in [1.29, 1.82) is 0 Å². The average Bonchev–Trinajstić information content (AvgIpc) is 2.45. The van der Waals surface area contributed by atoms with E-state index in [0.29, 0.717) is 16.7 Å². The van der Waals surface area contributed by atoms with Crippen molar-refractivity contribution >= 4 is 16.9 Å². The van der Waals surface area contributed by atoms with E-state index < -0.39 is 23.8 Å². The van der Waals surface area contributed by atoms with Crippen molar-refractivity contribution in [3.05, 3.63) is 40.2 Å². The number of hydrogen-bond donors (Lipinski definition) is 0. The summed E-state index contributed by atoms with van der Waals surface area (Å²) in [5.74, 6) is -0.443. The van der Waals surface area contributed by atoms with E-state index in [4.69, 9.17) is 4.74 Å². The Morgan fingerprint density at radius 1 is 1.45 bits per heavy atom. The fourth-order valence-electron chi connectivity index (χ4n) is 2.40. The number of esters is 1. The van der Waals surface area contributed by atoms with Crippen LogP contribution in [0.2, 0.25) is 0 Å². The van der Waals surface area contributed by atoms with Gasteiger partial charge in [0, 0.05) is 6.20 Å². The van der Waals surface area contributed by atoms with Crippen LogP contribution in [0.1, 0.15) is 23.3 Å². The van der Waals surface area contributed by atoms with Crippen LogP contribution in [0.4, 0.5) is 4.39 Å². The molecular weight excluding hydrogens is 265 g/mol. The van der Waals surface area contributed by atoms with Crippen molar-refractivity contribution in [3.63, 3.8) is 0 Å². The third kappa shape index (κ3) is 1.61. The second-order valence-corrected chi connectivity index (χ2v) is 4.63. The van der Waals surface area contributed by atoms with E-state index in [0.717, 1.165) is 0 Å². The van der Waals surface area contributed by atoms with E-state index >= 15 is 0 Å². The van der Waals surface area contributed by atoms with Gasteiger partial charge in [0.2, 0.25) is 5.43 Å². The third-order valence-electron chi connectivity index (χ3n) is 3.48. The molecule has 2 aromatic rings. The number of para-hydroxylation sites is 1. The molecule has 0 radical (unpaired) electrons. The molecule has 6 heteroatoms. The molecule has 0 saturated carbocycles. The SMILES string of the molecule is COC(=O)c1cn2c3c(cccc3c1=O)OC(F)C2C. The van der Waals surface area contributed by atoms with Gasteiger partial charge in [-0.3, -0.25) is 4.79 Å². The number of carbonyl (C=O) groups excluding carboxylic acids is 1. The fourth-order valence-corrected chi connectivity index (χ4v) is 2.40. The molecule has 1 aromatic carbocycles. The first-order valence-electron chi connectivity index (χ1n) is 6.11. The maximum Gasteiger partial charge on any atom is 0.343 e. The highest BCUT2D eigenvalue weighted by Crippen LogP contribution is 2.34. The Morgan fingerprint density at radius 2 is 2.20 bits per heavy atom. The van der Waals surface area contributed by atoms with Crippen LogP contribution < -0.4 is 10.2 Å². The monoisotopic (exact) mass is 277 g/mol. The summed E-state index contributed by atoms with van der Waals surface area (Å²) in [6.45, 7) is 1.62. The third-order valence-corrected chi connectivity index (χ3v) is 3.48. The van der Waals surface area contributed by atoms with Gasteiger partial charge in [-0.15, -0.1) is 0 Å². The molecule has 2 heterocycles. The molecule has 1 aliphatic rings. The van der Waals surface area contributed by atoms with Gasteiger partial charge in [0.1, 0.15) is 11.3 Å². The number of carbonyl (C=O) groups is 1. The molecule has 0 aliphatic carbocycles. The van der Waals surface area contributed by atoms with Gasteiger partial charge in [-0.1, -0.05) is 6.07 Å². The van der Waals surface area contributed by atoms with E-state index in [9.17, 15) is 14.0 Å². The van der Waals surface area contributed by atoms with Gasteiger partial charge in [0.05, 0.1) is 24.1 Å². The zero-order valence-corrected chi connectivity index (χ0v) is 10.9. The zero-order valence-electron chi connectivity index (χ0n) is 10.9. The van der Waals surface area contributed by atoms with Gasteiger partial charge in [-0.05, 0) is 19.1 Å². The Hall–Kier alpha value is -2.37. The molecule has 3 rings (SSSR count). The smallest absolute Gasteiger partial charge is 0.343 e. The molecule has 20 heavy (non-hydrogen) atoms. The first-order valence-corrected chi connectivity index (χ1v) is 6.11. The van der Waals surface area contributed by atoms with E-state index in [1.807, 2.05) is 0 Å². The molecule has 1 aliphatic heterocycles. The largest absolute Gasteiger partial charge is 0.465 e. The lowest BCUT2D eigenvalue weighted by molar-refractivity contribution is 0.0165. The predicted molar refractivity (Wildman–Crippen MR) is 69.8 cm³/mol. The van der Waals surface area contributed by atoms with Gasteiger partial charge < -0.3 is 14.0 Å². The van der Waals surface area contributed by atoms with Crippen LogP contribution in [0, 0.1) is 0 Å². The Labute approximate surface area is 113 Å². The lowest BCUT2D eigenvalue weighted by Gasteiger charge is -2.29. The van der Waals surface area contributed by atoms with Crippen LogP contribution in [0.25, 0.3) is 10.9 Å². The average molecular weight is 277 g/mol. The van der Waals surface area contributed by atoms with Gasteiger partial charge in [-0.2, -0.15) is 4.39 Å². The van der Waals surface area contributed by atoms with E-state index in [2.05, 4.69) is 4.74 Å². The summed E-state index contributed by atoms with van der Waals surface area (Å²) in [6, 6.07) is 4.12. The number of alkyl halides is 1. The molecule has 2 atom stereocenters. The Bertz CT molecular complexity index is 768. The lowest BCUT2D eigenvalue weighted by Crippen LogP contribution is -2.31. The lowest BCUT2D eigenvalue weighted by atomic mass is 10.1. The summed E-state index contributed by atoms with van der Waals surface area (Å²) >= 11 is 0. The van der Waals surface area contributed by atoms with Crippen molar-refractivity contribution in [2.45, 2.75) is 19.3 Å². The number of halogens is 1. The number of hydrogen-bond acceptors (Lipinski definition) is 4. The first-order chi connectivity index (χ1) is 9.54. The van der Waals surface area contributed by atoms with Crippen LogP contribution in [0.15, 0.2) is 29.2 Å². The number of rotatable bonds is 1. The van der Waals surface area contributed by atoms with Crippen molar-refractivity contribution in [2.24, 2.45) is 0 Å². The standard InChI is InChI=1S/C14H12FNO4/c1-7-13(15)20-10-5-3-4-8-11(10)16(7)6-9(12(8)17)14(18)19-2/h3-7,13H,1-2H3. The van der Waals surface area contributed by atoms with Crippen molar-refractivity contribution in [1.82, 2.24) is 4.57 Å². The maximum absolute atomic E-state index is 13.9. The Morgan fingerprint density at radius 3 is 2.90 bits per heavy atom. The summed E-state index contributed by atoms with van der Waals surface area (Å²) in [5.41, 5.74) is -0.0669. The van der Waals surface area contributed by atoms with Crippen molar-refractivity contribution in [2.75, 3.05) is 7.11 Å². The van der Waals surface area contributed by atoms with Crippen LogP contribution >= 0.6 is 0 Å². The minimum absolute atomic E-state index is 0.113. The molecule has 1 aromatic heterocycles. The minimum Gasteiger partial charge on any atom is -0.465 e. The van der Waals surface area contributed by atoms with Crippen LogP contribution in [0.3, 0.4) is 0 Å². The number of nitrogens with zero attached hydrogens (tertiary/aromatic N) is 1. The summed E-state index contributed by atoms with van der Waals surface area (Å²) in [7, 11) is 1.20. The number of benzene rings is 1. The fraction of sp³-hybridized carbons (Fsp3) is 0.286.